The summed E-state index contributed by atoms with van der Waals surface area (Å²) in [5.41, 5.74) is 5.43. The monoisotopic (exact) mass is 420 g/mol. The molecule has 0 bridgehead atoms. The Bertz CT molecular complexity index is 849. The number of rotatable bonds is 8. The smallest absolute Gasteiger partial charge is 0.413 e. The first-order chi connectivity index (χ1) is 14.3. The molecule has 1 aromatic carbocycles. The zero-order valence-corrected chi connectivity index (χ0v) is 16.9. The molecule has 0 saturated heterocycles. The number of alkyl carbamates (subject to hydrolysis) is 1. The van der Waals surface area contributed by atoms with Crippen molar-refractivity contribution in [2.24, 2.45) is 15.7 Å². The highest BCUT2D eigenvalue weighted by Crippen LogP contribution is 2.29. The van der Waals surface area contributed by atoms with E-state index in [9.17, 15) is 14.9 Å². The number of aliphatic imine (C=N–C) groups is 2. The molecule has 30 heavy (non-hydrogen) atoms. The van der Waals surface area contributed by atoms with Gasteiger partial charge in [-0.05, 0) is 12.5 Å². The lowest BCUT2D eigenvalue weighted by molar-refractivity contribution is -0.383. The first-order valence-corrected chi connectivity index (χ1v) is 8.83. The lowest BCUT2D eigenvalue weighted by Crippen LogP contribution is -2.38. The number of nitriles is 1. The quantitative estimate of drug-likeness (QED) is 0.183. The third-order valence-electron chi connectivity index (χ3n) is 3.56. The molecule has 162 valence electrons. The van der Waals surface area contributed by atoms with E-state index in [2.05, 4.69) is 25.4 Å². The maximum Gasteiger partial charge on any atom is 0.413 e. The molecule has 0 heterocycles. The summed E-state index contributed by atoms with van der Waals surface area (Å²) < 4.78 is 10.1. The number of carbonyl (C=O) groups is 1. The number of likely N-dealkylation sites (N-methyl/N-ethyl adjacent to an activating group) is 1. The van der Waals surface area contributed by atoms with E-state index in [1.165, 1.54) is 30.2 Å². The second-order valence-electron chi connectivity index (χ2n) is 5.75. The van der Waals surface area contributed by atoms with Crippen LogP contribution in [0.2, 0.25) is 0 Å². The minimum atomic E-state index is -0.818. The van der Waals surface area contributed by atoms with Crippen molar-refractivity contribution in [3.05, 3.63) is 28.3 Å². The molecule has 13 nitrogen and oxygen atoms in total. The topological polar surface area (TPSA) is 180 Å². The van der Waals surface area contributed by atoms with Gasteiger partial charge in [-0.25, -0.2) is 4.79 Å². The first kappa shape index (κ1) is 24.0. The van der Waals surface area contributed by atoms with Gasteiger partial charge >= 0.3 is 6.09 Å². The fraction of sp³-hybridized carbons (Fsp3) is 0.412. The molecule has 1 aromatic rings. The second kappa shape index (κ2) is 12.4. The Kier molecular flexibility index (Phi) is 9.90. The Morgan fingerprint density at radius 1 is 1.47 bits per heavy atom. The van der Waals surface area contributed by atoms with Crippen LogP contribution in [0.5, 0.6) is 5.75 Å². The lowest BCUT2D eigenvalue weighted by atomic mass is 10.2. The number of nitro groups is 1. The summed E-state index contributed by atoms with van der Waals surface area (Å²) in [6.07, 6.45) is 1.52. The highest BCUT2D eigenvalue weighted by atomic mass is 16.6. The molecule has 0 aromatic heterocycles. The van der Waals surface area contributed by atoms with Crippen molar-refractivity contribution < 1.29 is 19.2 Å². The van der Waals surface area contributed by atoms with E-state index < -0.39 is 11.0 Å². The fourth-order valence-corrected chi connectivity index (χ4v) is 2.03. The molecule has 0 radical (unpaired) electrons. The molecule has 0 aliphatic heterocycles. The normalized spacial score (nSPS) is 11.3. The van der Waals surface area contributed by atoms with Crippen molar-refractivity contribution in [2.45, 2.75) is 13.3 Å². The van der Waals surface area contributed by atoms with Crippen molar-refractivity contribution in [2.75, 3.05) is 39.2 Å². The van der Waals surface area contributed by atoms with Crippen LogP contribution in [0.15, 0.2) is 28.2 Å². The van der Waals surface area contributed by atoms with Gasteiger partial charge in [0.15, 0.2) is 0 Å². The number of amides is 1. The van der Waals surface area contributed by atoms with Gasteiger partial charge in [-0.3, -0.25) is 20.4 Å². The lowest BCUT2D eigenvalue weighted by Gasteiger charge is -2.16. The summed E-state index contributed by atoms with van der Waals surface area (Å²) in [7, 11) is 2.77. The van der Waals surface area contributed by atoms with Gasteiger partial charge in [0.1, 0.15) is 11.4 Å². The van der Waals surface area contributed by atoms with Crippen molar-refractivity contribution >= 4 is 29.4 Å². The van der Waals surface area contributed by atoms with Gasteiger partial charge in [0.05, 0.1) is 25.2 Å². The van der Waals surface area contributed by atoms with Crippen LogP contribution in [-0.4, -0.2) is 61.7 Å². The van der Waals surface area contributed by atoms with Gasteiger partial charge in [0.25, 0.3) is 5.69 Å². The number of nitrogens with one attached hydrogen (secondary N) is 2. The minimum Gasteiger partial charge on any atom is -0.494 e. The third-order valence-corrected chi connectivity index (χ3v) is 3.56. The first-order valence-electron chi connectivity index (χ1n) is 8.83. The van der Waals surface area contributed by atoms with Crippen LogP contribution in [0.1, 0.15) is 13.3 Å². The summed E-state index contributed by atoms with van der Waals surface area (Å²) in [6.45, 7) is 2.74. The third kappa shape index (κ3) is 7.89. The summed E-state index contributed by atoms with van der Waals surface area (Å²) in [5, 5.41) is 25.0. The molecule has 0 fully saturated rings. The van der Waals surface area contributed by atoms with Gasteiger partial charge in [-0.1, -0.05) is 6.92 Å². The number of methoxy groups -OCH3 is 1. The maximum atomic E-state index is 11.6. The number of guanidine groups is 2. The Balaban J connectivity index is 3.08. The average molecular weight is 420 g/mol. The number of benzene rings is 1. The molecule has 0 saturated carbocycles. The van der Waals surface area contributed by atoms with E-state index in [0.29, 0.717) is 12.4 Å². The number of nitrogens with zero attached hydrogens (tertiary/aromatic N) is 5. The SMILES string of the molecule is CCCOc1ccc([N+](=O)[O-])c(NC(=NCCN(C)C(N)=NC#N)NC(=O)OC)c1. The van der Waals surface area contributed by atoms with Crippen LogP contribution in [0.25, 0.3) is 0 Å². The van der Waals surface area contributed by atoms with E-state index in [4.69, 9.17) is 15.7 Å². The minimum absolute atomic E-state index is 0.000418. The molecule has 0 atom stereocenters. The largest absolute Gasteiger partial charge is 0.494 e. The molecule has 0 unspecified atom stereocenters. The number of hydrogen-bond acceptors (Lipinski definition) is 8. The van der Waals surface area contributed by atoms with Crippen LogP contribution < -0.4 is 21.1 Å². The number of nitrogens with two attached hydrogens (primary N) is 1. The number of carbonyl (C=O) groups excluding carboxylic acids is 1. The second-order valence-corrected chi connectivity index (χ2v) is 5.75. The summed E-state index contributed by atoms with van der Waals surface area (Å²) >= 11 is 0. The standard InChI is InChI=1S/C17H24N8O5/c1-4-9-30-12-5-6-14(25(27)28)13(10-12)22-16(23-17(26)29-3)20-7-8-24(2)15(19)21-11-18/h5-6,10H,4,7-9H2,1-3H3,(H2,19,21)(H2,20,22,23,26). The molecule has 1 rings (SSSR count). The van der Waals surface area contributed by atoms with E-state index in [-0.39, 0.29) is 36.4 Å². The predicted molar refractivity (Wildman–Crippen MR) is 110 cm³/mol. The number of ether oxygens (including phenoxy) is 2. The van der Waals surface area contributed by atoms with Crippen LogP contribution in [0, 0.1) is 21.6 Å². The predicted octanol–water partition coefficient (Wildman–Crippen LogP) is 1.24. The number of hydrogen-bond donors (Lipinski definition) is 3. The molecule has 13 heteroatoms. The van der Waals surface area contributed by atoms with Crippen molar-refractivity contribution in [1.29, 1.82) is 5.26 Å². The molecule has 0 aliphatic carbocycles. The van der Waals surface area contributed by atoms with Crippen LogP contribution >= 0.6 is 0 Å². The van der Waals surface area contributed by atoms with E-state index in [1.54, 1.807) is 13.2 Å². The molecular formula is C17H24N8O5. The average Bonchev–Trinajstić information content (AvgIpc) is 2.71. The Morgan fingerprint density at radius 3 is 2.80 bits per heavy atom. The Hall–Kier alpha value is -4.08. The zero-order chi connectivity index (χ0) is 22.5. The van der Waals surface area contributed by atoms with Gasteiger partial charge in [0.2, 0.25) is 18.1 Å². The van der Waals surface area contributed by atoms with Crippen LogP contribution in [-0.2, 0) is 4.74 Å². The Morgan fingerprint density at radius 2 is 2.20 bits per heavy atom. The van der Waals surface area contributed by atoms with Crippen molar-refractivity contribution in [1.82, 2.24) is 10.2 Å². The van der Waals surface area contributed by atoms with Gasteiger partial charge < -0.3 is 25.4 Å². The van der Waals surface area contributed by atoms with Crippen molar-refractivity contribution in [3.63, 3.8) is 0 Å². The zero-order valence-electron chi connectivity index (χ0n) is 16.9. The van der Waals surface area contributed by atoms with Gasteiger partial charge in [-0.15, -0.1) is 4.99 Å². The van der Waals surface area contributed by atoms with Crippen LogP contribution in [0.4, 0.5) is 16.2 Å². The summed E-state index contributed by atoms with van der Waals surface area (Å²) in [5.74, 6) is 0.337. The van der Waals surface area contributed by atoms with Crippen molar-refractivity contribution in [3.8, 4) is 11.9 Å². The highest BCUT2D eigenvalue weighted by Gasteiger charge is 2.17. The molecule has 1 amide bonds. The van der Waals surface area contributed by atoms with E-state index >= 15 is 0 Å². The van der Waals surface area contributed by atoms with E-state index in [1.807, 2.05) is 6.92 Å². The Labute approximate surface area is 173 Å². The molecule has 4 N–H and O–H groups in total. The fourth-order valence-electron chi connectivity index (χ4n) is 2.03. The molecular weight excluding hydrogens is 396 g/mol. The van der Waals surface area contributed by atoms with Gasteiger partial charge in [0, 0.05) is 25.7 Å². The summed E-state index contributed by atoms with van der Waals surface area (Å²) in [4.78, 5) is 31.5. The number of anilines is 1. The van der Waals surface area contributed by atoms with Crippen LogP contribution in [0.3, 0.4) is 0 Å². The molecule has 0 aliphatic rings. The number of nitro benzene ring substituents is 1. The van der Waals surface area contributed by atoms with E-state index in [0.717, 1.165) is 6.42 Å². The molecule has 0 spiro atoms. The summed E-state index contributed by atoms with van der Waals surface area (Å²) in [6, 6.07) is 4.21. The van der Waals surface area contributed by atoms with Gasteiger partial charge in [-0.2, -0.15) is 5.26 Å². The maximum absolute atomic E-state index is 11.6. The highest BCUT2D eigenvalue weighted by molar-refractivity contribution is 6.03.